The number of hydrogen-bond acceptors (Lipinski definition) is 5. The molecule has 0 aromatic carbocycles. The molecule has 1 heterocycles. The van der Waals surface area contributed by atoms with Gasteiger partial charge in [-0.1, -0.05) is 0 Å². The van der Waals surface area contributed by atoms with E-state index in [0.717, 1.165) is 12.8 Å². The summed E-state index contributed by atoms with van der Waals surface area (Å²) in [4.78, 5) is 37.1. The number of carbonyl (C=O) groups excluding carboxylic acids is 3. The maximum absolute atomic E-state index is 12.0. The van der Waals surface area contributed by atoms with Crippen molar-refractivity contribution in [3.8, 4) is 0 Å². The van der Waals surface area contributed by atoms with E-state index < -0.39 is 12.0 Å². The minimum atomic E-state index is -0.666. The van der Waals surface area contributed by atoms with E-state index >= 15 is 0 Å². The minimum absolute atomic E-state index is 0.00578. The van der Waals surface area contributed by atoms with Crippen LogP contribution in [-0.4, -0.2) is 61.5 Å². The number of likely N-dealkylation sites (tertiary alicyclic amines) is 1. The Bertz CT molecular complexity index is 386. The summed E-state index contributed by atoms with van der Waals surface area (Å²) in [6.45, 7) is 4.56. The molecule has 0 radical (unpaired) electrons. The van der Waals surface area contributed by atoms with Crippen molar-refractivity contribution in [3.05, 3.63) is 0 Å². The van der Waals surface area contributed by atoms with Crippen molar-refractivity contribution in [2.75, 3.05) is 26.7 Å². The van der Waals surface area contributed by atoms with E-state index in [1.54, 1.807) is 25.8 Å². The highest BCUT2D eigenvalue weighted by atomic mass is 16.5. The topological polar surface area (TPSA) is 87.7 Å². The fourth-order valence-electron chi connectivity index (χ4n) is 2.47. The summed E-state index contributed by atoms with van der Waals surface area (Å²) in [5.41, 5.74) is 0. The van der Waals surface area contributed by atoms with Gasteiger partial charge in [-0.3, -0.25) is 9.59 Å². The summed E-state index contributed by atoms with van der Waals surface area (Å²) in [7, 11) is 1.72. The molecule has 2 amide bonds. The predicted molar refractivity (Wildman–Crippen MR) is 77.5 cm³/mol. The van der Waals surface area contributed by atoms with Crippen LogP contribution >= 0.6 is 0 Å². The van der Waals surface area contributed by atoms with Crippen LogP contribution in [0.4, 0.5) is 0 Å². The first-order valence-electron chi connectivity index (χ1n) is 7.39. The summed E-state index contributed by atoms with van der Waals surface area (Å²) in [6.07, 6.45) is 1.94. The Morgan fingerprint density at radius 2 is 2.10 bits per heavy atom. The zero-order valence-corrected chi connectivity index (χ0v) is 13.0. The lowest BCUT2D eigenvalue weighted by Gasteiger charge is -2.24. The van der Waals surface area contributed by atoms with Gasteiger partial charge in [0, 0.05) is 19.0 Å². The lowest BCUT2D eigenvalue weighted by molar-refractivity contribution is -0.147. The number of esters is 1. The summed E-state index contributed by atoms with van der Waals surface area (Å²) < 4.78 is 4.84. The molecule has 7 heteroatoms. The number of carbonyl (C=O) groups is 3. The Hall–Kier alpha value is -1.63. The van der Waals surface area contributed by atoms with Gasteiger partial charge in [-0.25, -0.2) is 4.79 Å². The third-order valence-corrected chi connectivity index (χ3v) is 3.46. The van der Waals surface area contributed by atoms with Gasteiger partial charge < -0.3 is 20.3 Å². The van der Waals surface area contributed by atoms with Crippen molar-refractivity contribution in [2.24, 2.45) is 0 Å². The number of hydrogen-bond donors (Lipinski definition) is 2. The van der Waals surface area contributed by atoms with E-state index in [1.165, 1.54) is 0 Å². The first kappa shape index (κ1) is 17.4. The van der Waals surface area contributed by atoms with Crippen molar-refractivity contribution in [1.29, 1.82) is 0 Å². The zero-order chi connectivity index (χ0) is 15.8. The molecule has 120 valence electrons. The monoisotopic (exact) mass is 299 g/mol. The van der Waals surface area contributed by atoms with Crippen LogP contribution in [0.15, 0.2) is 0 Å². The van der Waals surface area contributed by atoms with Crippen molar-refractivity contribution < 1.29 is 19.1 Å². The summed E-state index contributed by atoms with van der Waals surface area (Å²) in [5, 5.41) is 5.44. The number of rotatable bonds is 7. The van der Waals surface area contributed by atoms with Gasteiger partial charge in [0.1, 0.15) is 6.04 Å². The summed E-state index contributed by atoms with van der Waals surface area (Å²) in [5.74, 6) is -0.670. The Morgan fingerprint density at radius 1 is 1.38 bits per heavy atom. The van der Waals surface area contributed by atoms with Crippen LogP contribution in [-0.2, 0) is 19.1 Å². The summed E-state index contributed by atoms with van der Waals surface area (Å²) >= 11 is 0. The molecule has 0 spiro atoms. The second kappa shape index (κ2) is 8.61. The third kappa shape index (κ3) is 5.34. The molecule has 1 saturated heterocycles. The molecule has 1 rings (SSSR count). The fourth-order valence-corrected chi connectivity index (χ4v) is 2.47. The molecule has 21 heavy (non-hydrogen) atoms. The molecule has 1 aliphatic heterocycles. The molecule has 0 aliphatic carbocycles. The molecule has 2 atom stereocenters. The molecular formula is C14H25N3O4. The first-order valence-corrected chi connectivity index (χ1v) is 7.39. The van der Waals surface area contributed by atoms with Crippen LogP contribution < -0.4 is 10.6 Å². The van der Waals surface area contributed by atoms with Gasteiger partial charge in [0.05, 0.1) is 13.2 Å². The van der Waals surface area contributed by atoms with Crippen molar-refractivity contribution in [3.63, 3.8) is 0 Å². The highest BCUT2D eigenvalue weighted by Gasteiger charge is 2.30. The van der Waals surface area contributed by atoms with Gasteiger partial charge in [0.2, 0.25) is 11.8 Å². The van der Waals surface area contributed by atoms with Crippen molar-refractivity contribution >= 4 is 17.8 Å². The standard InChI is InChI=1S/C14H25N3O4/c1-4-21-14(20)10(2)16-12(18)8-11-6-5-7-17(11)13(19)9-15-3/h10-11,15H,4-9H2,1-3H3,(H,16,18)/t10-,11?/m1/s1. The average molecular weight is 299 g/mol. The van der Waals surface area contributed by atoms with E-state index in [9.17, 15) is 14.4 Å². The van der Waals surface area contributed by atoms with Crippen LogP contribution in [0.25, 0.3) is 0 Å². The molecule has 0 bridgehead atoms. The first-order chi connectivity index (χ1) is 9.99. The molecular weight excluding hydrogens is 274 g/mol. The maximum atomic E-state index is 12.0. The Morgan fingerprint density at radius 3 is 2.71 bits per heavy atom. The highest BCUT2D eigenvalue weighted by Crippen LogP contribution is 2.20. The normalized spacial score (nSPS) is 19.2. The number of amides is 2. The molecule has 1 fully saturated rings. The van der Waals surface area contributed by atoms with Crippen LogP contribution in [0.5, 0.6) is 0 Å². The SMILES string of the molecule is CCOC(=O)[C@@H](C)NC(=O)CC1CCCN1C(=O)CNC. The lowest BCUT2D eigenvalue weighted by atomic mass is 10.1. The number of nitrogens with one attached hydrogen (secondary N) is 2. The Kier molecular flexibility index (Phi) is 7.14. The molecule has 0 aromatic rings. The van der Waals surface area contributed by atoms with E-state index in [2.05, 4.69) is 10.6 Å². The average Bonchev–Trinajstić information content (AvgIpc) is 2.87. The molecule has 2 N–H and O–H groups in total. The molecule has 1 aliphatic rings. The largest absolute Gasteiger partial charge is 0.464 e. The Labute approximate surface area is 125 Å². The van der Waals surface area contributed by atoms with Gasteiger partial charge in [0.15, 0.2) is 0 Å². The molecule has 0 aromatic heterocycles. The van der Waals surface area contributed by atoms with Gasteiger partial charge >= 0.3 is 5.97 Å². The maximum Gasteiger partial charge on any atom is 0.328 e. The zero-order valence-electron chi connectivity index (χ0n) is 13.0. The van der Waals surface area contributed by atoms with Gasteiger partial charge in [-0.05, 0) is 33.7 Å². The summed E-state index contributed by atoms with van der Waals surface area (Å²) in [6, 6.07) is -0.749. The molecule has 0 saturated carbocycles. The number of ether oxygens (including phenoxy) is 1. The molecule has 7 nitrogen and oxygen atoms in total. The van der Waals surface area contributed by atoms with Crippen molar-refractivity contribution in [1.82, 2.24) is 15.5 Å². The predicted octanol–water partition coefficient (Wildman–Crippen LogP) is -0.345. The third-order valence-electron chi connectivity index (χ3n) is 3.46. The number of likely N-dealkylation sites (N-methyl/N-ethyl adjacent to an activating group) is 1. The van der Waals surface area contributed by atoms with Gasteiger partial charge in [-0.2, -0.15) is 0 Å². The van der Waals surface area contributed by atoms with Gasteiger partial charge in [-0.15, -0.1) is 0 Å². The quantitative estimate of drug-likeness (QED) is 0.628. The van der Waals surface area contributed by atoms with Crippen LogP contribution in [0.2, 0.25) is 0 Å². The van der Waals surface area contributed by atoms with Crippen LogP contribution in [0, 0.1) is 0 Å². The van der Waals surface area contributed by atoms with Crippen LogP contribution in [0.3, 0.4) is 0 Å². The fraction of sp³-hybridized carbons (Fsp3) is 0.786. The lowest BCUT2D eigenvalue weighted by Crippen LogP contribution is -2.45. The van der Waals surface area contributed by atoms with E-state index in [4.69, 9.17) is 4.74 Å². The smallest absolute Gasteiger partial charge is 0.328 e. The van der Waals surface area contributed by atoms with E-state index in [1.807, 2.05) is 0 Å². The molecule has 1 unspecified atom stereocenters. The highest BCUT2D eigenvalue weighted by molar-refractivity contribution is 5.85. The van der Waals surface area contributed by atoms with E-state index in [0.29, 0.717) is 6.54 Å². The van der Waals surface area contributed by atoms with Gasteiger partial charge in [0.25, 0.3) is 0 Å². The van der Waals surface area contributed by atoms with Crippen LogP contribution in [0.1, 0.15) is 33.1 Å². The number of nitrogens with zero attached hydrogens (tertiary/aromatic N) is 1. The minimum Gasteiger partial charge on any atom is -0.464 e. The van der Waals surface area contributed by atoms with E-state index in [-0.39, 0.29) is 37.4 Å². The second-order valence-electron chi connectivity index (χ2n) is 5.16. The van der Waals surface area contributed by atoms with Crippen molar-refractivity contribution in [2.45, 2.75) is 45.2 Å². The second-order valence-corrected chi connectivity index (χ2v) is 5.16. The Balaban J connectivity index is 2.46.